The van der Waals surface area contributed by atoms with Crippen molar-refractivity contribution in [2.75, 3.05) is 13.2 Å². The first kappa shape index (κ1) is 22.7. The Bertz CT molecular complexity index is 176. The average Bonchev–Trinajstić information content (AvgIpc) is 2.24. The molecule has 0 bridgehead atoms. The second kappa shape index (κ2) is 13.0. The van der Waals surface area contributed by atoms with Gasteiger partial charge in [-0.2, -0.15) is 0 Å². The van der Waals surface area contributed by atoms with Crippen LogP contribution in [0.4, 0.5) is 0 Å². The minimum absolute atomic E-state index is 0. The monoisotopic (exact) mass is 283 g/mol. The molecule has 0 aliphatic rings. The maximum atomic E-state index is 8.96. The number of nitrogens with zero attached hydrogens (tertiary/aromatic N) is 1. The zero-order chi connectivity index (χ0) is 13.3. The first-order chi connectivity index (χ1) is 7.27. The van der Waals surface area contributed by atoms with Gasteiger partial charge in [-0.15, -0.1) is 0 Å². The Morgan fingerprint density at radius 3 is 1.18 bits per heavy atom. The third-order valence-corrected chi connectivity index (χ3v) is 1.51. The van der Waals surface area contributed by atoms with Crippen LogP contribution >= 0.6 is 0 Å². The van der Waals surface area contributed by atoms with E-state index in [4.69, 9.17) is 46.0 Å². The van der Waals surface area contributed by atoms with Gasteiger partial charge in [0.05, 0.1) is 18.3 Å². The summed E-state index contributed by atoms with van der Waals surface area (Å²) in [5, 5.41) is 66.9. The molecule has 0 spiro atoms. The molecule has 17 heavy (non-hydrogen) atoms. The van der Waals surface area contributed by atoms with Gasteiger partial charge in [0.1, 0.15) is 24.4 Å². The SMILES string of the molecule is O=[N+]([O-])[O-].OC[C@@H](O)[C@@H](O)[C@H](O)[C@@H](O)CO.[K+]. The molecule has 0 saturated heterocycles. The molecule has 0 aliphatic carbocycles. The molecule has 0 rings (SSSR count). The number of hydrogen-bond donors (Lipinski definition) is 6. The normalized spacial score (nSPS) is 16.6. The average molecular weight is 283 g/mol. The summed E-state index contributed by atoms with van der Waals surface area (Å²) in [6.45, 7) is -1.45. The Morgan fingerprint density at radius 1 is 0.882 bits per heavy atom. The van der Waals surface area contributed by atoms with E-state index in [1.807, 2.05) is 0 Å². The van der Waals surface area contributed by atoms with Gasteiger partial charge in [-0.3, -0.25) is 0 Å². The molecule has 11 heteroatoms. The Balaban J connectivity index is -0.000000340. The van der Waals surface area contributed by atoms with Gasteiger partial charge >= 0.3 is 51.4 Å². The first-order valence-corrected chi connectivity index (χ1v) is 4.03. The van der Waals surface area contributed by atoms with E-state index in [0.29, 0.717) is 0 Å². The number of aliphatic hydroxyl groups is 6. The number of rotatable bonds is 5. The molecule has 4 atom stereocenters. The van der Waals surface area contributed by atoms with Crippen LogP contribution < -0.4 is 51.4 Å². The van der Waals surface area contributed by atoms with Crippen molar-refractivity contribution in [1.82, 2.24) is 0 Å². The van der Waals surface area contributed by atoms with Crippen LogP contribution in [0.1, 0.15) is 0 Å². The Labute approximate surface area is 139 Å². The standard InChI is InChI=1S/C6H14O6.K.NO3/c7-1-3(9)5(11)6(12)4(10)2-8;;2-1(3)4/h3-12H,1-2H2;;/q;+1;-1/t3-,4+,5-,6-;;/m1../s1. The summed E-state index contributed by atoms with van der Waals surface area (Å²) in [4.78, 5) is 8.25. The van der Waals surface area contributed by atoms with E-state index in [2.05, 4.69) is 0 Å². The molecule has 0 aromatic heterocycles. The van der Waals surface area contributed by atoms with Crippen molar-refractivity contribution in [3.63, 3.8) is 0 Å². The Hall–Kier alpha value is 0.596. The van der Waals surface area contributed by atoms with E-state index in [1.54, 1.807) is 0 Å². The molecule has 0 radical (unpaired) electrons. The van der Waals surface area contributed by atoms with E-state index in [-0.39, 0.29) is 51.4 Å². The van der Waals surface area contributed by atoms with Gasteiger partial charge in [-0.25, -0.2) is 0 Å². The van der Waals surface area contributed by atoms with Crippen LogP contribution in [0.3, 0.4) is 0 Å². The maximum Gasteiger partial charge on any atom is 1.00 e. The van der Waals surface area contributed by atoms with Gasteiger partial charge in [-0.05, 0) is 0 Å². The minimum Gasteiger partial charge on any atom is -0.394 e. The molecule has 0 heterocycles. The minimum atomic E-state index is -1.75. The van der Waals surface area contributed by atoms with Gasteiger partial charge in [0, 0.05) is 0 Å². The van der Waals surface area contributed by atoms with Crippen LogP contribution in [0.25, 0.3) is 0 Å². The third-order valence-electron chi connectivity index (χ3n) is 1.51. The summed E-state index contributed by atoms with van der Waals surface area (Å²) in [5.41, 5.74) is 0. The zero-order valence-electron chi connectivity index (χ0n) is 9.08. The second-order valence-corrected chi connectivity index (χ2v) is 2.70. The molecule has 0 unspecified atom stereocenters. The molecule has 0 aromatic carbocycles. The van der Waals surface area contributed by atoms with Crippen molar-refractivity contribution in [1.29, 1.82) is 0 Å². The smallest absolute Gasteiger partial charge is 0.394 e. The fourth-order valence-corrected chi connectivity index (χ4v) is 0.671. The zero-order valence-corrected chi connectivity index (χ0v) is 12.2. The summed E-state index contributed by atoms with van der Waals surface area (Å²) in [6.07, 6.45) is -6.39. The van der Waals surface area contributed by atoms with Gasteiger partial charge in [0.2, 0.25) is 0 Å². The van der Waals surface area contributed by atoms with Crippen molar-refractivity contribution in [3.05, 3.63) is 15.3 Å². The Morgan fingerprint density at radius 2 is 1.06 bits per heavy atom. The molecular formula is C6H14KNO9. The van der Waals surface area contributed by atoms with Crippen molar-refractivity contribution < 1.29 is 87.1 Å². The van der Waals surface area contributed by atoms with E-state index >= 15 is 0 Å². The van der Waals surface area contributed by atoms with Crippen molar-refractivity contribution in [2.24, 2.45) is 0 Å². The van der Waals surface area contributed by atoms with Crippen LogP contribution in [-0.2, 0) is 0 Å². The fourth-order valence-electron chi connectivity index (χ4n) is 0.671. The summed E-state index contributed by atoms with van der Waals surface area (Å²) >= 11 is 0. The topological polar surface area (TPSA) is 188 Å². The molecule has 0 amide bonds. The number of aliphatic hydroxyl groups excluding tert-OH is 6. The molecule has 6 N–H and O–H groups in total. The van der Waals surface area contributed by atoms with Crippen molar-refractivity contribution in [2.45, 2.75) is 24.4 Å². The van der Waals surface area contributed by atoms with Crippen molar-refractivity contribution in [3.8, 4) is 0 Å². The van der Waals surface area contributed by atoms with Gasteiger partial charge in [-0.1, -0.05) is 0 Å². The van der Waals surface area contributed by atoms with Gasteiger partial charge in [0.25, 0.3) is 0 Å². The summed E-state index contributed by atoms with van der Waals surface area (Å²) in [7, 11) is 0. The molecule has 0 fully saturated rings. The quantitative estimate of drug-likeness (QED) is 0.162. The van der Waals surface area contributed by atoms with Crippen molar-refractivity contribution >= 4 is 0 Å². The van der Waals surface area contributed by atoms with Crippen LogP contribution in [-0.4, -0.2) is 73.4 Å². The maximum absolute atomic E-state index is 8.96. The van der Waals surface area contributed by atoms with Crippen LogP contribution in [0.5, 0.6) is 0 Å². The Kier molecular flexibility index (Phi) is 17.4. The second-order valence-electron chi connectivity index (χ2n) is 2.70. The fraction of sp³-hybridized carbons (Fsp3) is 1.00. The molecular weight excluding hydrogens is 269 g/mol. The van der Waals surface area contributed by atoms with Crippen LogP contribution in [0.15, 0.2) is 0 Å². The van der Waals surface area contributed by atoms with Crippen LogP contribution in [0, 0.1) is 15.3 Å². The van der Waals surface area contributed by atoms with Crippen LogP contribution in [0.2, 0.25) is 0 Å². The van der Waals surface area contributed by atoms with E-state index < -0.39 is 42.7 Å². The van der Waals surface area contributed by atoms with E-state index in [9.17, 15) is 0 Å². The predicted octanol–water partition coefficient (Wildman–Crippen LogP) is -6.82. The van der Waals surface area contributed by atoms with Gasteiger partial charge < -0.3 is 46.0 Å². The molecule has 0 saturated carbocycles. The first-order valence-electron chi connectivity index (χ1n) is 4.03. The predicted molar refractivity (Wildman–Crippen MR) is 48.6 cm³/mol. The van der Waals surface area contributed by atoms with Gasteiger partial charge in [0.15, 0.2) is 0 Å². The molecule has 10 nitrogen and oxygen atoms in total. The molecule has 0 aliphatic heterocycles. The third kappa shape index (κ3) is 12.8. The molecule has 98 valence electrons. The molecule has 0 aromatic rings. The summed E-state index contributed by atoms with van der Waals surface area (Å²) in [6, 6.07) is 0. The largest absolute Gasteiger partial charge is 1.00 e. The summed E-state index contributed by atoms with van der Waals surface area (Å²) in [5.74, 6) is 0. The van der Waals surface area contributed by atoms with E-state index in [0.717, 1.165) is 0 Å². The number of hydrogen-bond acceptors (Lipinski definition) is 9. The summed E-state index contributed by atoms with van der Waals surface area (Å²) < 4.78 is 0. The van der Waals surface area contributed by atoms with E-state index in [1.165, 1.54) is 0 Å².